The Morgan fingerprint density at radius 1 is 1.26 bits per heavy atom. The predicted molar refractivity (Wildman–Crippen MR) is 88.4 cm³/mol. The minimum absolute atomic E-state index is 0.165. The first-order valence-corrected chi connectivity index (χ1v) is 7.80. The van der Waals surface area contributed by atoms with Gasteiger partial charge in [0.15, 0.2) is 0 Å². The van der Waals surface area contributed by atoms with E-state index in [9.17, 15) is 9.59 Å². The van der Waals surface area contributed by atoms with E-state index >= 15 is 0 Å². The standard InChI is InChI=1S/C17H16ClN3O2/c18-13-7-8-19-15(10-13)17(23)20-11-12-3-5-14(6-4-12)21-9-1-2-16(21)22/h3-8,10H,1-2,9,11H2,(H,20,23). The van der Waals surface area contributed by atoms with E-state index < -0.39 is 0 Å². The number of nitrogens with one attached hydrogen (secondary N) is 1. The SMILES string of the molecule is O=C(NCc1ccc(N2CCCC2=O)cc1)c1cc(Cl)ccn1. The second-order valence-corrected chi connectivity index (χ2v) is 5.79. The molecule has 0 bridgehead atoms. The Kier molecular flexibility index (Phi) is 4.57. The molecule has 2 aromatic rings. The van der Waals surface area contributed by atoms with Crippen molar-refractivity contribution < 1.29 is 9.59 Å². The summed E-state index contributed by atoms with van der Waals surface area (Å²) in [6.45, 7) is 1.16. The van der Waals surface area contributed by atoms with Crippen LogP contribution in [-0.4, -0.2) is 23.3 Å². The fraction of sp³-hybridized carbons (Fsp3) is 0.235. The molecule has 118 valence electrons. The molecule has 0 aliphatic carbocycles. The van der Waals surface area contributed by atoms with Gasteiger partial charge in [0, 0.05) is 36.4 Å². The van der Waals surface area contributed by atoms with Crippen LogP contribution in [0.15, 0.2) is 42.6 Å². The molecule has 1 fully saturated rings. The third-order valence-electron chi connectivity index (χ3n) is 3.73. The number of anilines is 1. The zero-order valence-corrected chi connectivity index (χ0v) is 13.2. The third-order valence-corrected chi connectivity index (χ3v) is 3.96. The van der Waals surface area contributed by atoms with Gasteiger partial charge in [-0.2, -0.15) is 0 Å². The van der Waals surface area contributed by atoms with Gasteiger partial charge in [-0.25, -0.2) is 0 Å². The highest BCUT2D eigenvalue weighted by Crippen LogP contribution is 2.21. The number of aromatic nitrogens is 1. The van der Waals surface area contributed by atoms with Crippen LogP contribution in [0.1, 0.15) is 28.9 Å². The Morgan fingerprint density at radius 2 is 2.04 bits per heavy atom. The molecule has 1 saturated heterocycles. The summed E-state index contributed by atoms with van der Waals surface area (Å²) < 4.78 is 0. The average Bonchev–Trinajstić information content (AvgIpc) is 2.99. The van der Waals surface area contributed by atoms with E-state index in [1.807, 2.05) is 24.3 Å². The lowest BCUT2D eigenvalue weighted by Crippen LogP contribution is -2.24. The molecule has 1 aliphatic rings. The van der Waals surface area contributed by atoms with Crippen LogP contribution in [0.4, 0.5) is 5.69 Å². The van der Waals surface area contributed by atoms with E-state index in [2.05, 4.69) is 10.3 Å². The molecule has 0 radical (unpaired) electrons. The number of carbonyl (C=O) groups excluding carboxylic acids is 2. The number of pyridine rings is 1. The molecule has 1 aromatic carbocycles. The van der Waals surface area contributed by atoms with Crippen molar-refractivity contribution in [1.82, 2.24) is 10.3 Å². The molecule has 0 spiro atoms. The third kappa shape index (κ3) is 3.68. The smallest absolute Gasteiger partial charge is 0.270 e. The number of nitrogens with zero attached hydrogens (tertiary/aromatic N) is 2. The molecule has 5 nitrogen and oxygen atoms in total. The summed E-state index contributed by atoms with van der Waals surface area (Å²) in [5.74, 6) is -0.107. The first-order valence-electron chi connectivity index (χ1n) is 7.42. The summed E-state index contributed by atoms with van der Waals surface area (Å²) >= 11 is 5.85. The monoisotopic (exact) mass is 329 g/mol. The number of hydrogen-bond acceptors (Lipinski definition) is 3. The highest BCUT2D eigenvalue weighted by atomic mass is 35.5. The molecule has 6 heteroatoms. The van der Waals surface area contributed by atoms with E-state index in [4.69, 9.17) is 11.6 Å². The molecular weight excluding hydrogens is 314 g/mol. The summed E-state index contributed by atoms with van der Waals surface area (Å²) in [6.07, 6.45) is 3.02. The van der Waals surface area contributed by atoms with Crippen molar-refractivity contribution in [3.8, 4) is 0 Å². The fourth-order valence-electron chi connectivity index (χ4n) is 2.52. The summed E-state index contributed by atoms with van der Waals surface area (Å²) in [4.78, 5) is 29.5. The van der Waals surface area contributed by atoms with Crippen molar-refractivity contribution in [1.29, 1.82) is 0 Å². The van der Waals surface area contributed by atoms with E-state index in [1.54, 1.807) is 11.0 Å². The second kappa shape index (κ2) is 6.79. The molecule has 0 saturated carbocycles. The number of carbonyl (C=O) groups is 2. The molecule has 23 heavy (non-hydrogen) atoms. The Bertz CT molecular complexity index is 731. The maximum Gasteiger partial charge on any atom is 0.270 e. The van der Waals surface area contributed by atoms with Crippen LogP contribution >= 0.6 is 11.6 Å². The van der Waals surface area contributed by atoms with E-state index in [0.29, 0.717) is 18.0 Å². The van der Waals surface area contributed by atoms with Crippen LogP contribution < -0.4 is 10.2 Å². The van der Waals surface area contributed by atoms with Gasteiger partial charge in [0.2, 0.25) is 5.91 Å². The average molecular weight is 330 g/mol. The van der Waals surface area contributed by atoms with Gasteiger partial charge in [0.05, 0.1) is 0 Å². The van der Waals surface area contributed by atoms with Crippen molar-refractivity contribution in [3.05, 3.63) is 58.9 Å². The number of hydrogen-bond donors (Lipinski definition) is 1. The maximum atomic E-state index is 12.0. The van der Waals surface area contributed by atoms with Gasteiger partial charge in [0.1, 0.15) is 5.69 Å². The summed E-state index contributed by atoms with van der Waals surface area (Å²) in [5, 5.41) is 3.28. The minimum atomic E-state index is -0.272. The molecule has 0 unspecified atom stereocenters. The molecule has 1 aromatic heterocycles. The number of rotatable bonds is 4. The van der Waals surface area contributed by atoms with Gasteiger partial charge in [-0.3, -0.25) is 14.6 Å². The van der Waals surface area contributed by atoms with Crippen molar-refractivity contribution in [2.75, 3.05) is 11.4 Å². The van der Waals surface area contributed by atoms with E-state index in [1.165, 1.54) is 12.3 Å². The van der Waals surface area contributed by atoms with Crippen LogP contribution in [0.2, 0.25) is 5.02 Å². The summed E-state index contributed by atoms with van der Waals surface area (Å²) in [6, 6.07) is 10.8. The highest BCUT2D eigenvalue weighted by molar-refractivity contribution is 6.30. The molecule has 2 amide bonds. The normalized spacial score (nSPS) is 14.1. The van der Waals surface area contributed by atoms with Crippen molar-refractivity contribution in [2.24, 2.45) is 0 Å². The van der Waals surface area contributed by atoms with Crippen molar-refractivity contribution >= 4 is 29.1 Å². The molecule has 0 atom stereocenters. The Balaban J connectivity index is 1.60. The lowest BCUT2D eigenvalue weighted by Gasteiger charge is -2.16. The van der Waals surface area contributed by atoms with Crippen LogP contribution in [0.5, 0.6) is 0 Å². The largest absolute Gasteiger partial charge is 0.347 e. The van der Waals surface area contributed by atoms with E-state index in [0.717, 1.165) is 24.2 Å². The molecule has 1 aliphatic heterocycles. The lowest BCUT2D eigenvalue weighted by molar-refractivity contribution is -0.117. The van der Waals surface area contributed by atoms with Gasteiger partial charge in [0.25, 0.3) is 5.91 Å². The predicted octanol–water partition coefficient (Wildman–Crippen LogP) is 2.79. The number of halogens is 1. The summed E-state index contributed by atoms with van der Waals surface area (Å²) in [5.41, 5.74) is 2.15. The Labute approximate surface area is 139 Å². The molecule has 3 rings (SSSR count). The first kappa shape index (κ1) is 15.5. The number of benzene rings is 1. The minimum Gasteiger partial charge on any atom is -0.347 e. The van der Waals surface area contributed by atoms with Gasteiger partial charge in [-0.1, -0.05) is 23.7 Å². The number of amides is 2. The van der Waals surface area contributed by atoms with Crippen LogP contribution in [0, 0.1) is 0 Å². The van der Waals surface area contributed by atoms with Gasteiger partial charge in [-0.15, -0.1) is 0 Å². The summed E-state index contributed by atoms with van der Waals surface area (Å²) in [7, 11) is 0. The first-order chi connectivity index (χ1) is 11.1. The maximum absolute atomic E-state index is 12.0. The van der Waals surface area contributed by atoms with Crippen LogP contribution in [0.3, 0.4) is 0 Å². The van der Waals surface area contributed by atoms with E-state index in [-0.39, 0.29) is 17.5 Å². The molecule has 2 heterocycles. The van der Waals surface area contributed by atoms with Gasteiger partial charge >= 0.3 is 0 Å². The Hall–Kier alpha value is -2.40. The van der Waals surface area contributed by atoms with Gasteiger partial charge in [-0.05, 0) is 36.2 Å². The van der Waals surface area contributed by atoms with Crippen LogP contribution in [0.25, 0.3) is 0 Å². The second-order valence-electron chi connectivity index (χ2n) is 5.36. The Morgan fingerprint density at radius 3 is 2.70 bits per heavy atom. The zero-order valence-electron chi connectivity index (χ0n) is 12.5. The lowest BCUT2D eigenvalue weighted by atomic mass is 10.2. The highest BCUT2D eigenvalue weighted by Gasteiger charge is 2.21. The topological polar surface area (TPSA) is 62.3 Å². The quantitative estimate of drug-likeness (QED) is 0.938. The fourth-order valence-corrected chi connectivity index (χ4v) is 2.68. The van der Waals surface area contributed by atoms with Crippen molar-refractivity contribution in [2.45, 2.75) is 19.4 Å². The molecule has 1 N–H and O–H groups in total. The molecular formula is C17H16ClN3O2. The van der Waals surface area contributed by atoms with Crippen LogP contribution in [-0.2, 0) is 11.3 Å². The van der Waals surface area contributed by atoms with Crippen molar-refractivity contribution in [3.63, 3.8) is 0 Å². The van der Waals surface area contributed by atoms with Gasteiger partial charge < -0.3 is 10.2 Å². The zero-order chi connectivity index (χ0) is 16.2.